The molecule has 3 rings (SSSR count). The van der Waals surface area contributed by atoms with E-state index in [1.807, 2.05) is 6.92 Å². The summed E-state index contributed by atoms with van der Waals surface area (Å²) in [6.07, 6.45) is 6.10. The molecule has 0 amide bonds. The predicted molar refractivity (Wildman–Crippen MR) is 60.0 cm³/mol. The van der Waals surface area contributed by atoms with Gasteiger partial charge in [-0.25, -0.2) is 0 Å². The molecular formula is C14H20O. The van der Waals surface area contributed by atoms with Crippen LogP contribution in [0.3, 0.4) is 0 Å². The highest BCUT2D eigenvalue weighted by atomic mass is 16.3. The Balaban J connectivity index is 1.55. The summed E-state index contributed by atoms with van der Waals surface area (Å²) in [6, 6.07) is 0. The van der Waals surface area contributed by atoms with Crippen LogP contribution in [0.4, 0.5) is 0 Å². The van der Waals surface area contributed by atoms with E-state index in [4.69, 9.17) is 0 Å². The number of aliphatic hydroxyl groups excluding tert-OH is 1. The Bertz CT molecular complexity index is 295. The second-order valence-electron chi connectivity index (χ2n) is 5.60. The molecule has 0 saturated heterocycles. The van der Waals surface area contributed by atoms with Crippen molar-refractivity contribution in [1.82, 2.24) is 0 Å². The number of hydrogen-bond acceptors (Lipinski definition) is 1. The van der Waals surface area contributed by atoms with Crippen LogP contribution in [0.1, 0.15) is 39.0 Å². The molecule has 0 radical (unpaired) electrons. The van der Waals surface area contributed by atoms with Gasteiger partial charge in [0.05, 0.1) is 6.10 Å². The molecule has 2 bridgehead atoms. The number of aliphatic hydroxyl groups is 1. The summed E-state index contributed by atoms with van der Waals surface area (Å²) in [7, 11) is 0. The van der Waals surface area contributed by atoms with Crippen LogP contribution in [0.25, 0.3) is 0 Å². The molecule has 5 unspecified atom stereocenters. The van der Waals surface area contributed by atoms with E-state index >= 15 is 0 Å². The molecular weight excluding hydrogens is 184 g/mol. The highest BCUT2D eigenvalue weighted by Gasteiger charge is 2.66. The van der Waals surface area contributed by atoms with Crippen LogP contribution in [0, 0.1) is 41.4 Å². The van der Waals surface area contributed by atoms with Crippen molar-refractivity contribution in [2.75, 3.05) is 0 Å². The summed E-state index contributed by atoms with van der Waals surface area (Å²) >= 11 is 0. The van der Waals surface area contributed by atoms with Gasteiger partial charge in [0, 0.05) is 6.42 Å². The van der Waals surface area contributed by atoms with Gasteiger partial charge in [-0.1, -0.05) is 0 Å². The second kappa shape index (κ2) is 3.52. The van der Waals surface area contributed by atoms with Gasteiger partial charge < -0.3 is 5.11 Å². The van der Waals surface area contributed by atoms with Crippen molar-refractivity contribution in [3.8, 4) is 11.8 Å². The largest absolute Gasteiger partial charge is 0.393 e. The third-order valence-corrected chi connectivity index (χ3v) is 4.98. The third-order valence-electron chi connectivity index (χ3n) is 4.98. The summed E-state index contributed by atoms with van der Waals surface area (Å²) < 4.78 is 0. The topological polar surface area (TPSA) is 20.2 Å². The maximum Gasteiger partial charge on any atom is 0.0583 e. The van der Waals surface area contributed by atoms with Crippen LogP contribution in [-0.4, -0.2) is 11.2 Å². The van der Waals surface area contributed by atoms with E-state index in [2.05, 4.69) is 11.8 Å². The number of hydrogen-bond donors (Lipinski definition) is 1. The van der Waals surface area contributed by atoms with E-state index in [9.17, 15) is 5.11 Å². The lowest BCUT2D eigenvalue weighted by Crippen LogP contribution is -2.15. The van der Waals surface area contributed by atoms with Crippen molar-refractivity contribution >= 4 is 0 Å². The Kier molecular flexibility index (Phi) is 2.29. The Morgan fingerprint density at radius 2 is 1.93 bits per heavy atom. The SMILES string of the molecule is CC#CCCC(O)C1C2C3CCC(C3)C12. The lowest BCUT2D eigenvalue weighted by molar-refractivity contribution is 0.121. The van der Waals surface area contributed by atoms with E-state index in [0.29, 0.717) is 5.92 Å². The van der Waals surface area contributed by atoms with Gasteiger partial charge in [0.1, 0.15) is 0 Å². The molecule has 3 aliphatic rings. The molecule has 3 fully saturated rings. The van der Waals surface area contributed by atoms with Gasteiger partial charge >= 0.3 is 0 Å². The molecule has 1 N–H and O–H groups in total. The molecule has 3 aliphatic carbocycles. The lowest BCUT2D eigenvalue weighted by Gasteiger charge is -2.13. The normalized spacial score (nSPS) is 46.9. The summed E-state index contributed by atoms with van der Waals surface area (Å²) in [4.78, 5) is 0. The molecule has 0 aromatic heterocycles. The molecule has 82 valence electrons. The van der Waals surface area contributed by atoms with Crippen LogP contribution in [0.5, 0.6) is 0 Å². The highest BCUT2D eigenvalue weighted by molar-refractivity contribution is 5.14. The zero-order valence-corrected chi connectivity index (χ0v) is 9.45. The lowest BCUT2D eigenvalue weighted by atomic mass is 9.97. The van der Waals surface area contributed by atoms with Crippen molar-refractivity contribution in [3.05, 3.63) is 0 Å². The molecule has 0 aromatic carbocycles. The van der Waals surface area contributed by atoms with Crippen molar-refractivity contribution in [2.45, 2.75) is 45.1 Å². The first-order valence-electron chi connectivity index (χ1n) is 6.40. The fourth-order valence-electron chi connectivity index (χ4n) is 4.44. The van der Waals surface area contributed by atoms with Gasteiger partial charge in [0.15, 0.2) is 0 Å². The van der Waals surface area contributed by atoms with Crippen molar-refractivity contribution in [1.29, 1.82) is 0 Å². The van der Waals surface area contributed by atoms with E-state index in [-0.39, 0.29) is 6.10 Å². The van der Waals surface area contributed by atoms with Gasteiger partial charge in [-0.3, -0.25) is 0 Å². The van der Waals surface area contributed by atoms with Crippen molar-refractivity contribution in [3.63, 3.8) is 0 Å². The molecule has 0 spiro atoms. The first-order valence-corrected chi connectivity index (χ1v) is 6.40. The predicted octanol–water partition coefficient (Wildman–Crippen LogP) is 2.44. The van der Waals surface area contributed by atoms with Gasteiger partial charge in [-0.05, 0) is 62.2 Å². The molecule has 0 aromatic rings. The Labute approximate surface area is 92.3 Å². The van der Waals surface area contributed by atoms with Crippen LogP contribution >= 0.6 is 0 Å². The molecule has 1 heteroatoms. The summed E-state index contributed by atoms with van der Waals surface area (Å²) in [5, 5.41) is 10.1. The van der Waals surface area contributed by atoms with Crippen LogP contribution < -0.4 is 0 Å². The van der Waals surface area contributed by atoms with Crippen LogP contribution in [0.2, 0.25) is 0 Å². The average molecular weight is 204 g/mol. The molecule has 0 aliphatic heterocycles. The molecule has 1 nitrogen and oxygen atoms in total. The minimum absolute atomic E-state index is 0.0516. The first-order chi connectivity index (χ1) is 7.33. The summed E-state index contributed by atoms with van der Waals surface area (Å²) in [6.45, 7) is 1.87. The van der Waals surface area contributed by atoms with Gasteiger partial charge in [0.2, 0.25) is 0 Å². The first kappa shape index (κ1) is 9.73. The average Bonchev–Trinajstić information content (AvgIpc) is 2.68. The monoisotopic (exact) mass is 204 g/mol. The van der Waals surface area contributed by atoms with E-state index in [1.54, 1.807) is 0 Å². The van der Waals surface area contributed by atoms with E-state index in [1.165, 1.54) is 19.3 Å². The van der Waals surface area contributed by atoms with Crippen molar-refractivity contribution in [2.24, 2.45) is 29.6 Å². The highest BCUT2D eigenvalue weighted by Crippen LogP contribution is 2.70. The van der Waals surface area contributed by atoms with Crippen molar-refractivity contribution < 1.29 is 5.11 Å². The molecule has 5 atom stereocenters. The van der Waals surface area contributed by atoms with Gasteiger partial charge in [-0.2, -0.15) is 0 Å². The smallest absolute Gasteiger partial charge is 0.0583 e. The zero-order valence-electron chi connectivity index (χ0n) is 9.45. The van der Waals surface area contributed by atoms with E-state index < -0.39 is 0 Å². The van der Waals surface area contributed by atoms with E-state index in [0.717, 1.165) is 36.5 Å². The Hall–Kier alpha value is -0.480. The van der Waals surface area contributed by atoms with Crippen LogP contribution in [0.15, 0.2) is 0 Å². The minimum Gasteiger partial charge on any atom is -0.393 e. The third kappa shape index (κ3) is 1.42. The number of rotatable bonds is 3. The zero-order chi connectivity index (χ0) is 10.4. The van der Waals surface area contributed by atoms with Gasteiger partial charge in [0.25, 0.3) is 0 Å². The van der Waals surface area contributed by atoms with Gasteiger partial charge in [-0.15, -0.1) is 11.8 Å². The Morgan fingerprint density at radius 3 is 2.53 bits per heavy atom. The fourth-order valence-corrected chi connectivity index (χ4v) is 4.44. The van der Waals surface area contributed by atoms with Crippen LogP contribution in [-0.2, 0) is 0 Å². The maximum absolute atomic E-state index is 10.1. The number of fused-ring (bicyclic) bond motifs is 5. The molecule has 15 heavy (non-hydrogen) atoms. The quantitative estimate of drug-likeness (QED) is 0.700. The second-order valence-corrected chi connectivity index (χ2v) is 5.60. The molecule has 0 heterocycles. The minimum atomic E-state index is -0.0516. The Morgan fingerprint density at radius 1 is 1.27 bits per heavy atom. The summed E-state index contributed by atoms with van der Waals surface area (Å²) in [5.74, 6) is 10.4. The standard InChI is InChI=1S/C14H20O/c1-2-3-4-5-11(15)14-12-9-6-7-10(8-9)13(12)14/h9-15H,4-8H2,1H3. The fraction of sp³-hybridized carbons (Fsp3) is 0.857. The summed E-state index contributed by atoms with van der Waals surface area (Å²) in [5.41, 5.74) is 0. The maximum atomic E-state index is 10.1. The molecule has 3 saturated carbocycles.